The molecule has 0 radical (unpaired) electrons. The zero-order chi connectivity index (χ0) is 19.2. The molecule has 0 aromatic carbocycles. The summed E-state index contributed by atoms with van der Waals surface area (Å²) in [6, 6.07) is -0.614. The Hall–Kier alpha value is -1.63. The average Bonchev–Trinajstić information content (AvgIpc) is 2.59. The Morgan fingerprint density at radius 2 is 1.52 bits per heavy atom. The number of carbonyl (C=O) groups is 3. The maximum atomic E-state index is 12.6. The van der Waals surface area contributed by atoms with Crippen LogP contribution in [-0.2, 0) is 9.59 Å². The van der Waals surface area contributed by atoms with Crippen LogP contribution in [0.15, 0.2) is 0 Å². The Bertz CT molecular complexity index is 591. The summed E-state index contributed by atoms with van der Waals surface area (Å²) in [6.45, 7) is 6.26. The van der Waals surface area contributed by atoms with E-state index in [0.717, 1.165) is 55.0 Å². The first-order valence-corrected chi connectivity index (χ1v) is 10.6. The first-order valence-electron chi connectivity index (χ1n) is 10.6. The lowest BCUT2D eigenvalue weighted by Gasteiger charge is -2.56. The van der Waals surface area contributed by atoms with Gasteiger partial charge in [-0.2, -0.15) is 0 Å². The summed E-state index contributed by atoms with van der Waals surface area (Å²) in [7, 11) is 0. The normalized spacial score (nSPS) is 36.4. The molecular formula is C20H33N4O3+. The molecule has 4 aliphatic carbocycles. The molecule has 4 bridgehead atoms. The van der Waals surface area contributed by atoms with Gasteiger partial charge in [0.05, 0.1) is 26.2 Å². The van der Waals surface area contributed by atoms with E-state index < -0.39 is 0 Å². The van der Waals surface area contributed by atoms with E-state index in [2.05, 4.69) is 10.6 Å². The van der Waals surface area contributed by atoms with Crippen LogP contribution in [-0.4, -0.2) is 60.5 Å². The number of carbonyl (C=O) groups excluding carboxylic acids is 3. The molecule has 7 heteroatoms. The summed E-state index contributed by atoms with van der Waals surface area (Å²) in [5, 5.41) is 5.80. The van der Waals surface area contributed by atoms with Gasteiger partial charge in [0.25, 0.3) is 5.91 Å². The molecule has 4 saturated carbocycles. The zero-order valence-electron chi connectivity index (χ0n) is 16.6. The van der Waals surface area contributed by atoms with Crippen molar-refractivity contribution in [1.29, 1.82) is 0 Å². The SMILES string of the molecule is CC(=O)N1CC[NH+]([C@H](C)C(=O)NC(=O)NC23CC4CC(CC(C4)C2)C3)CC1. The van der Waals surface area contributed by atoms with Gasteiger partial charge in [-0.15, -0.1) is 0 Å². The van der Waals surface area contributed by atoms with Crippen molar-refractivity contribution in [2.75, 3.05) is 26.2 Å². The second-order valence-corrected chi connectivity index (χ2v) is 9.53. The molecule has 150 valence electrons. The van der Waals surface area contributed by atoms with E-state index in [9.17, 15) is 14.4 Å². The van der Waals surface area contributed by atoms with Crippen LogP contribution in [0.25, 0.3) is 0 Å². The van der Waals surface area contributed by atoms with Gasteiger partial charge in [-0.3, -0.25) is 14.9 Å². The van der Waals surface area contributed by atoms with Gasteiger partial charge in [-0.25, -0.2) is 4.79 Å². The molecule has 1 saturated heterocycles. The third-order valence-electron chi connectivity index (χ3n) is 7.51. The number of amides is 4. The van der Waals surface area contributed by atoms with Crippen LogP contribution in [0.1, 0.15) is 52.4 Å². The second kappa shape index (κ2) is 7.08. The van der Waals surface area contributed by atoms with Gasteiger partial charge in [-0.05, 0) is 63.2 Å². The molecule has 5 rings (SSSR count). The molecule has 1 aliphatic heterocycles. The molecule has 1 atom stereocenters. The summed E-state index contributed by atoms with van der Waals surface area (Å²) in [6.07, 6.45) is 7.22. The highest BCUT2D eigenvalue weighted by Crippen LogP contribution is 2.55. The van der Waals surface area contributed by atoms with Crippen LogP contribution in [0.5, 0.6) is 0 Å². The predicted octanol–water partition coefficient (Wildman–Crippen LogP) is -0.0835. The number of rotatable bonds is 3. The topological polar surface area (TPSA) is 83.0 Å². The van der Waals surface area contributed by atoms with Crippen molar-refractivity contribution in [3.8, 4) is 0 Å². The van der Waals surface area contributed by atoms with E-state index in [4.69, 9.17) is 0 Å². The number of urea groups is 1. The number of imide groups is 1. The monoisotopic (exact) mass is 377 g/mol. The third-order valence-corrected chi connectivity index (χ3v) is 7.51. The van der Waals surface area contributed by atoms with Gasteiger partial charge in [0.1, 0.15) is 0 Å². The molecule has 0 aromatic heterocycles. The van der Waals surface area contributed by atoms with Gasteiger partial charge >= 0.3 is 6.03 Å². The molecule has 5 aliphatic rings. The maximum absolute atomic E-state index is 12.6. The van der Waals surface area contributed by atoms with Gasteiger partial charge in [0.15, 0.2) is 6.04 Å². The summed E-state index contributed by atoms with van der Waals surface area (Å²) < 4.78 is 0. The lowest BCUT2D eigenvalue weighted by atomic mass is 9.53. The Labute approximate surface area is 161 Å². The van der Waals surface area contributed by atoms with Crippen molar-refractivity contribution in [2.24, 2.45) is 17.8 Å². The fourth-order valence-corrected chi connectivity index (χ4v) is 6.48. The Kier molecular flexibility index (Phi) is 4.91. The van der Waals surface area contributed by atoms with Crippen LogP contribution in [0.2, 0.25) is 0 Å². The largest absolute Gasteiger partial charge is 0.332 e. The second-order valence-electron chi connectivity index (χ2n) is 9.53. The van der Waals surface area contributed by atoms with Crippen LogP contribution < -0.4 is 15.5 Å². The Morgan fingerprint density at radius 1 is 1.00 bits per heavy atom. The first kappa shape index (κ1) is 18.7. The van der Waals surface area contributed by atoms with E-state index in [1.54, 1.807) is 6.92 Å². The van der Waals surface area contributed by atoms with Crippen molar-refractivity contribution in [2.45, 2.75) is 64.0 Å². The number of piperazine rings is 1. The van der Waals surface area contributed by atoms with E-state index in [-0.39, 0.29) is 29.4 Å². The molecule has 3 N–H and O–H groups in total. The molecular weight excluding hydrogens is 344 g/mol. The van der Waals surface area contributed by atoms with Crippen molar-refractivity contribution >= 4 is 17.8 Å². The van der Waals surface area contributed by atoms with Crippen molar-refractivity contribution < 1.29 is 19.3 Å². The first-order chi connectivity index (χ1) is 12.8. The highest BCUT2D eigenvalue weighted by molar-refractivity contribution is 5.96. The molecule has 0 spiro atoms. The van der Waals surface area contributed by atoms with Crippen molar-refractivity contribution in [3.63, 3.8) is 0 Å². The summed E-state index contributed by atoms with van der Waals surface area (Å²) in [5.74, 6) is 2.14. The quantitative estimate of drug-likeness (QED) is 0.643. The number of hydrogen-bond donors (Lipinski definition) is 3. The number of nitrogens with one attached hydrogen (secondary N) is 3. The van der Waals surface area contributed by atoms with Crippen LogP contribution >= 0.6 is 0 Å². The van der Waals surface area contributed by atoms with Gasteiger partial charge in [0, 0.05) is 12.5 Å². The number of quaternary nitrogens is 1. The maximum Gasteiger partial charge on any atom is 0.322 e. The lowest BCUT2D eigenvalue weighted by Crippen LogP contribution is -3.19. The molecule has 4 amide bonds. The summed E-state index contributed by atoms with van der Waals surface area (Å²) in [5.41, 5.74) is -0.0810. The van der Waals surface area contributed by atoms with Gasteiger partial charge in [0.2, 0.25) is 5.91 Å². The Morgan fingerprint density at radius 3 is 2.00 bits per heavy atom. The fourth-order valence-electron chi connectivity index (χ4n) is 6.48. The van der Waals surface area contributed by atoms with Gasteiger partial charge < -0.3 is 15.1 Å². The standard InChI is InChI=1S/C20H32N4O3/c1-13(23-3-5-24(6-4-23)14(2)25)18(26)21-19(27)22-20-10-15-7-16(11-20)9-17(8-15)12-20/h13,15-17H,3-12H2,1-2H3,(H2,21,22,26,27)/p+1/t13-,15?,16?,17?,20?/m1/s1. The highest BCUT2D eigenvalue weighted by Gasteiger charge is 2.51. The smallest absolute Gasteiger partial charge is 0.322 e. The van der Waals surface area contributed by atoms with Crippen molar-refractivity contribution in [1.82, 2.24) is 15.5 Å². The number of nitrogens with zero attached hydrogens (tertiary/aromatic N) is 1. The minimum Gasteiger partial charge on any atom is -0.332 e. The van der Waals surface area contributed by atoms with Crippen molar-refractivity contribution in [3.05, 3.63) is 0 Å². The van der Waals surface area contributed by atoms with Crippen LogP contribution in [0.3, 0.4) is 0 Å². The summed E-state index contributed by atoms with van der Waals surface area (Å²) in [4.78, 5) is 39.5. The molecule has 5 fully saturated rings. The zero-order valence-corrected chi connectivity index (χ0v) is 16.6. The van der Waals surface area contributed by atoms with E-state index in [1.165, 1.54) is 19.3 Å². The highest BCUT2D eigenvalue weighted by atomic mass is 16.2. The van der Waals surface area contributed by atoms with E-state index >= 15 is 0 Å². The minimum absolute atomic E-state index is 0.0810. The summed E-state index contributed by atoms with van der Waals surface area (Å²) >= 11 is 0. The Balaban J connectivity index is 1.28. The molecule has 7 nitrogen and oxygen atoms in total. The molecule has 0 aromatic rings. The third kappa shape index (κ3) is 3.84. The van der Waals surface area contributed by atoms with Crippen LogP contribution in [0, 0.1) is 17.8 Å². The average molecular weight is 378 g/mol. The molecule has 1 heterocycles. The molecule has 0 unspecified atom stereocenters. The predicted molar refractivity (Wildman–Crippen MR) is 100.0 cm³/mol. The fraction of sp³-hybridized carbons (Fsp3) is 0.850. The van der Waals surface area contributed by atoms with E-state index in [0.29, 0.717) is 13.1 Å². The molecule has 27 heavy (non-hydrogen) atoms. The van der Waals surface area contributed by atoms with Gasteiger partial charge in [-0.1, -0.05) is 0 Å². The van der Waals surface area contributed by atoms with E-state index in [1.807, 2.05) is 11.8 Å². The van der Waals surface area contributed by atoms with Crippen LogP contribution in [0.4, 0.5) is 4.79 Å². The lowest BCUT2D eigenvalue weighted by molar-refractivity contribution is -0.917. The number of hydrogen-bond acceptors (Lipinski definition) is 3. The minimum atomic E-state index is -0.324.